The van der Waals surface area contributed by atoms with E-state index in [1.165, 1.54) is 6.42 Å². The number of nitrogens with zero attached hydrogens (tertiary/aromatic N) is 1. The fraction of sp³-hybridized carbons (Fsp3) is 0.417. The Hall–Kier alpha value is -2.86. The summed E-state index contributed by atoms with van der Waals surface area (Å²) in [4.78, 5) is 27.5. The van der Waals surface area contributed by atoms with Crippen molar-refractivity contribution in [3.05, 3.63) is 54.1 Å². The normalized spacial score (nSPS) is 20.3. The van der Waals surface area contributed by atoms with E-state index in [1.807, 2.05) is 19.1 Å². The molecule has 1 heterocycles. The fourth-order valence-corrected chi connectivity index (χ4v) is 4.09. The topological polar surface area (TPSA) is 70.7 Å². The van der Waals surface area contributed by atoms with E-state index in [0.29, 0.717) is 34.5 Å². The average molecular weight is 410 g/mol. The fourth-order valence-electron chi connectivity index (χ4n) is 4.09. The first kappa shape index (κ1) is 21.8. The number of carbonyl (C=O) groups excluding carboxylic acids is 2. The summed E-state index contributed by atoms with van der Waals surface area (Å²) in [6.07, 6.45) is 1.21. The largest absolute Gasteiger partial charge is 0.495 e. The second-order valence-corrected chi connectivity index (χ2v) is 8.30. The summed E-state index contributed by atoms with van der Waals surface area (Å²) in [7, 11) is 1.56. The number of amides is 2. The van der Waals surface area contributed by atoms with Crippen molar-refractivity contribution in [1.82, 2.24) is 4.90 Å². The van der Waals surface area contributed by atoms with Gasteiger partial charge in [0.15, 0.2) is 0 Å². The summed E-state index contributed by atoms with van der Waals surface area (Å²) in [6.45, 7) is 8.32. The molecular weight excluding hydrogens is 378 g/mol. The van der Waals surface area contributed by atoms with Crippen LogP contribution < -0.4 is 15.4 Å². The number of rotatable bonds is 6. The predicted molar refractivity (Wildman–Crippen MR) is 120 cm³/mol. The van der Waals surface area contributed by atoms with Crippen LogP contribution in [-0.2, 0) is 4.79 Å². The molecule has 1 fully saturated rings. The molecule has 2 N–H and O–H groups in total. The molecule has 160 valence electrons. The Morgan fingerprint density at radius 3 is 2.27 bits per heavy atom. The summed E-state index contributed by atoms with van der Waals surface area (Å²) in [6, 6.07) is 14.0. The van der Waals surface area contributed by atoms with E-state index in [1.54, 1.807) is 43.5 Å². The molecule has 0 aliphatic carbocycles. The zero-order chi connectivity index (χ0) is 21.7. The van der Waals surface area contributed by atoms with Gasteiger partial charge in [0.1, 0.15) is 5.75 Å². The first-order valence-corrected chi connectivity index (χ1v) is 10.5. The van der Waals surface area contributed by atoms with Gasteiger partial charge in [-0.15, -0.1) is 0 Å². The predicted octanol–water partition coefficient (Wildman–Crippen LogP) is 4.25. The lowest BCUT2D eigenvalue weighted by molar-refractivity contribution is -0.121. The van der Waals surface area contributed by atoms with E-state index in [9.17, 15) is 9.59 Å². The first-order valence-electron chi connectivity index (χ1n) is 10.5. The van der Waals surface area contributed by atoms with E-state index in [2.05, 4.69) is 29.4 Å². The Labute approximate surface area is 178 Å². The molecule has 0 radical (unpaired) electrons. The third kappa shape index (κ3) is 5.39. The van der Waals surface area contributed by atoms with Crippen LogP contribution in [0.5, 0.6) is 5.75 Å². The molecule has 2 aromatic carbocycles. The van der Waals surface area contributed by atoms with Crippen molar-refractivity contribution >= 4 is 23.2 Å². The molecule has 0 unspecified atom stereocenters. The van der Waals surface area contributed by atoms with Gasteiger partial charge >= 0.3 is 0 Å². The highest BCUT2D eigenvalue weighted by atomic mass is 16.5. The number of methoxy groups -OCH3 is 1. The monoisotopic (exact) mass is 409 g/mol. The number of hydrogen-bond acceptors (Lipinski definition) is 4. The Bertz CT molecular complexity index is 872. The van der Waals surface area contributed by atoms with Crippen LogP contribution in [0.3, 0.4) is 0 Å². The number of nitrogens with one attached hydrogen (secondary N) is 2. The third-order valence-corrected chi connectivity index (χ3v) is 5.59. The number of anilines is 2. The lowest BCUT2D eigenvalue weighted by Crippen LogP contribution is -2.48. The molecule has 3 atom stereocenters. The maximum atomic E-state index is 12.7. The molecule has 1 aliphatic heterocycles. The van der Waals surface area contributed by atoms with E-state index in [4.69, 9.17) is 4.74 Å². The minimum absolute atomic E-state index is 0.0254. The van der Waals surface area contributed by atoms with Gasteiger partial charge in [0, 0.05) is 24.3 Å². The zero-order valence-corrected chi connectivity index (χ0v) is 18.1. The molecule has 0 bridgehead atoms. The zero-order valence-electron chi connectivity index (χ0n) is 18.1. The number of hydrogen-bond donors (Lipinski definition) is 2. The highest BCUT2D eigenvalue weighted by molar-refractivity contribution is 6.05. The summed E-state index contributed by atoms with van der Waals surface area (Å²) in [5.41, 5.74) is 1.80. The van der Waals surface area contributed by atoms with Gasteiger partial charge < -0.3 is 15.4 Å². The number of likely N-dealkylation sites (tertiary alicyclic amines) is 1. The Morgan fingerprint density at radius 2 is 1.63 bits per heavy atom. The minimum atomic E-state index is -0.234. The van der Waals surface area contributed by atoms with Gasteiger partial charge in [-0.3, -0.25) is 14.5 Å². The van der Waals surface area contributed by atoms with Gasteiger partial charge in [0.2, 0.25) is 5.91 Å². The van der Waals surface area contributed by atoms with Crippen molar-refractivity contribution in [2.75, 3.05) is 30.8 Å². The summed E-state index contributed by atoms with van der Waals surface area (Å²) < 4.78 is 5.26. The van der Waals surface area contributed by atoms with E-state index < -0.39 is 0 Å². The molecule has 1 saturated heterocycles. The molecule has 3 rings (SSSR count). The minimum Gasteiger partial charge on any atom is -0.495 e. The second kappa shape index (κ2) is 9.76. The highest BCUT2D eigenvalue weighted by Crippen LogP contribution is 2.25. The van der Waals surface area contributed by atoms with Crippen LogP contribution in [0.2, 0.25) is 0 Å². The maximum Gasteiger partial charge on any atom is 0.255 e. The number of carbonyl (C=O) groups is 2. The molecule has 6 heteroatoms. The van der Waals surface area contributed by atoms with Crippen LogP contribution in [0, 0.1) is 11.8 Å². The van der Waals surface area contributed by atoms with Crippen LogP contribution in [0.25, 0.3) is 0 Å². The van der Waals surface area contributed by atoms with Crippen molar-refractivity contribution in [3.63, 3.8) is 0 Å². The smallest absolute Gasteiger partial charge is 0.255 e. The van der Waals surface area contributed by atoms with E-state index in [-0.39, 0.29) is 17.9 Å². The SMILES string of the molecule is COc1ccccc1NC(=O)c1ccc(NC(=O)[C@H](C)N2C[C@H](C)C[C@@H](C)C2)cc1. The first-order chi connectivity index (χ1) is 14.4. The lowest BCUT2D eigenvalue weighted by Gasteiger charge is -2.38. The van der Waals surface area contributed by atoms with Crippen molar-refractivity contribution in [1.29, 1.82) is 0 Å². The van der Waals surface area contributed by atoms with Crippen molar-refractivity contribution in [3.8, 4) is 5.75 Å². The van der Waals surface area contributed by atoms with Crippen molar-refractivity contribution in [2.45, 2.75) is 33.2 Å². The molecule has 0 aromatic heterocycles. The van der Waals surface area contributed by atoms with Gasteiger partial charge in [0.25, 0.3) is 5.91 Å². The molecule has 6 nitrogen and oxygen atoms in total. The standard InChI is InChI=1S/C24H31N3O3/c1-16-13-17(2)15-27(14-16)18(3)23(28)25-20-11-9-19(10-12-20)24(29)26-21-7-5-6-8-22(21)30-4/h5-12,16-18H,13-15H2,1-4H3,(H,25,28)(H,26,29)/t16-,17-,18+/m1/s1. The number of benzene rings is 2. The van der Waals surface area contributed by atoms with Crippen molar-refractivity contribution < 1.29 is 14.3 Å². The quantitative estimate of drug-likeness (QED) is 0.748. The molecule has 2 amide bonds. The van der Waals surface area contributed by atoms with Crippen LogP contribution in [0.1, 0.15) is 37.6 Å². The number of ether oxygens (including phenoxy) is 1. The summed E-state index contributed by atoms with van der Waals surface area (Å²) >= 11 is 0. The van der Waals surface area contributed by atoms with Gasteiger partial charge in [-0.05, 0) is 61.6 Å². The molecule has 2 aromatic rings. The Balaban J connectivity index is 1.60. The maximum absolute atomic E-state index is 12.7. The Kier molecular flexibility index (Phi) is 7.11. The van der Waals surface area contributed by atoms with Crippen LogP contribution in [-0.4, -0.2) is 43.0 Å². The highest BCUT2D eigenvalue weighted by Gasteiger charge is 2.28. The molecule has 30 heavy (non-hydrogen) atoms. The average Bonchev–Trinajstić information content (AvgIpc) is 2.73. The van der Waals surface area contributed by atoms with Crippen LogP contribution in [0.4, 0.5) is 11.4 Å². The number of para-hydroxylation sites is 2. The Morgan fingerprint density at radius 1 is 1.00 bits per heavy atom. The third-order valence-electron chi connectivity index (χ3n) is 5.59. The van der Waals surface area contributed by atoms with Crippen LogP contribution in [0.15, 0.2) is 48.5 Å². The van der Waals surface area contributed by atoms with E-state index in [0.717, 1.165) is 13.1 Å². The van der Waals surface area contributed by atoms with Crippen molar-refractivity contribution in [2.24, 2.45) is 11.8 Å². The molecule has 1 aliphatic rings. The van der Waals surface area contributed by atoms with E-state index >= 15 is 0 Å². The molecule has 0 spiro atoms. The molecular formula is C24H31N3O3. The van der Waals surface area contributed by atoms with Gasteiger partial charge in [0.05, 0.1) is 18.8 Å². The summed E-state index contributed by atoms with van der Waals surface area (Å²) in [5, 5.41) is 5.82. The molecule has 0 saturated carbocycles. The lowest BCUT2D eigenvalue weighted by atomic mass is 9.91. The second-order valence-electron chi connectivity index (χ2n) is 8.30. The van der Waals surface area contributed by atoms with Gasteiger partial charge in [-0.1, -0.05) is 26.0 Å². The van der Waals surface area contributed by atoms with Crippen LogP contribution >= 0.6 is 0 Å². The van der Waals surface area contributed by atoms with Gasteiger partial charge in [-0.2, -0.15) is 0 Å². The van der Waals surface area contributed by atoms with Gasteiger partial charge in [-0.25, -0.2) is 0 Å². The summed E-state index contributed by atoms with van der Waals surface area (Å²) in [5.74, 6) is 1.55. The number of piperidine rings is 1.